The minimum absolute atomic E-state index is 0.741. The Balaban J connectivity index is 2.53. The van der Waals surface area contributed by atoms with Gasteiger partial charge in [-0.2, -0.15) is 0 Å². The Morgan fingerprint density at radius 2 is 1.93 bits per heavy atom. The summed E-state index contributed by atoms with van der Waals surface area (Å²) < 4.78 is 0. The number of rotatable bonds is 4. The zero-order valence-electron chi connectivity index (χ0n) is 7.98. The first kappa shape index (κ1) is 10.1. The summed E-state index contributed by atoms with van der Waals surface area (Å²) in [5.74, 6) is 0. The van der Waals surface area contributed by atoms with E-state index in [-0.39, 0.29) is 0 Å². The van der Waals surface area contributed by atoms with Crippen molar-refractivity contribution < 1.29 is 0 Å². The predicted octanol–water partition coefficient (Wildman–Crippen LogP) is 2.94. The van der Waals surface area contributed by atoms with Crippen molar-refractivity contribution >= 4 is 11.4 Å². The normalized spacial score (nSPS) is 10.9. The van der Waals surface area contributed by atoms with Gasteiger partial charge in [0.25, 0.3) is 0 Å². The molecule has 0 atom stereocenters. The van der Waals surface area contributed by atoms with Gasteiger partial charge in [0.2, 0.25) is 0 Å². The molecular weight excluding hydrogens is 172 g/mol. The molecule has 1 rings (SSSR count). The van der Waals surface area contributed by atoms with E-state index in [1.54, 1.807) is 6.08 Å². The lowest BCUT2D eigenvalue weighted by molar-refractivity contribution is 1.57. The second kappa shape index (κ2) is 5.65. The summed E-state index contributed by atoms with van der Waals surface area (Å²) >= 11 is 0. The Hall–Kier alpha value is -1.96. The average Bonchev–Trinajstić information content (AvgIpc) is 2.20. The fourth-order valence-electron chi connectivity index (χ4n) is 0.965. The van der Waals surface area contributed by atoms with Crippen molar-refractivity contribution in [1.82, 2.24) is 0 Å². The van der Waals surface area contributed by atoms with Gasteiger partial charge in [0.1, 0.15) is 0 Å². The monoisotopic (exact) mass is 186 g/mol. The van der Waals surface area contributed by atoms with E-state index in [9.17, 15) is 0 Å². The highest BCUT2D eigenvalue weighted by Gasteiger charge is 1.91. The van der Waals surface area contributed by atoms with Crippen LogP contribution in [0.3, 0.4) is 0 Å². The first-order valence-corrected chi connectivity index (χ1v) is 4.40. The molecule has 0 fully saturated rings. The van der Waals surface area contributed by atoms with Gasteiger partial charge in [-0.05, 0) is 18.2 Å². The third-order valence-electron chi connectivity index (χ3n) is 1.65. The number of nitrogens with two attached hydrogens (primary N) is 1. The van der Waals surface area contributed by atoms with E-state index in [0.717, 1.165) is 11.4 Å². The first-order valence-electron chi connectivity index (χ1n) is 4.40. The molecule has 3 N–H and O–H groups in total. The van der Waals surface area contributed by atoms with E-state index < -0.39 is 0 Å². The largest absolute Gasteiger partial charge is 0.397 e. The van der Waals surface area contributed by atoms with E-state index in [4.69, 9.17) is 5.73 Å². The van der Waals surface area contributed by atoms with Gasteiger partial charge >= 0.3 is 0 Å². The molecule has 72 valence electrons. The maximum atomic E-state index is 5.73. The lowest BCUT2D eigenvalue weighted by Gasteiger charge is -2.02. The molecule has 0 amide bonds. The van der Waals surface area contributed by atoms with E-state index in [0.29, 0.717) is 0 Å². The van der Waals surface area contributed by atoms with Gasteiger partial charge in [-0.1, -0.05) is 36.9 Å². The molecule has 0 aliphatic heterocycles. The number of nitrogen functional groups attached to an aromatic ring is 1. The summed E-state index contributed by atoms with van der Waals surface area (Å²) in [5.41, 5.74) is 7.38. The molecule has 1 aromatic carbocycles. The summed E-state index contributed by atoms with van der Waals surface area (Å²) in [6.45, 7) is 3.57. The Labute approximate surface area is 84.4 Å². The van der Waals surface area contributed by atoms with Crippen LogP contribution in [-0.2, 0) is 0 Å². The standard InChI is InChI=1S/C12H14N2/c1-2-3-4-7-10-14-12-9-6-5-8-11(12)13/h2-10,14H,1,13H2/b4-3-,10-7-. The van der Waals surface area contributed by atoms with Crippen LogP contribution in [-0.4, -0.2) is 0 Å². The number of nitrogens with one attached hydrogen (secondary N) is 1. The van der Waals surface area contributed by atoms with Crippen LogP contribution in [0.1, 0.15) is 0 Å². The zero-order chi connectivity index (χ0) is 10.2. The van der Waals surface area contributed by atoms with Crippen LogP contribution in [0, 0.1) is 0 Å². The highest BCUT2D eigenvalue weighted by atomic mass is 14.9. The van der Waals surface area contributed by atoms with Gasteiger partial charge in [-0.15, -0.1) is 0 Å². The van der Waals surface area contributed by atoms with Gasteiger partial charge in [-0.3, -0.25) is 0 Å². The van der Waals surface area contributed by atoms with Crippen molar-refractivity contribution in [3.63, 3.8) is 0 Å². The average molecular weight is 186 g/mol. The fourth-order valence-corrected chi connectivity index (χ4v) is 0.965. The third kappa shape index (κ3) is 3.19. The molecule has 0 spiro atoms. The second-order valence-electron chi connectivity index (χ2n) is 2.71. The van der Waals surface area contributed by atoms with Crippen molar-refractivity contribution in [2.24, 2.45) is 0 Å². The Bertz CT molecular complexity index is 351. The van der Waals surface area contributed by atoms with Crippen LogP contribution >= 0.6 is 0 Å². The molecule has 0 aliphatic carbocycles. The maximum Gasteiger partial charge on any atom is 0.0613 e. The molecule has 2 heteroatoms. The topological polar surface area (TPSA) is 38.0 Å². The fraction of sp³-hybridized carbons (Fsp3) is 0. The molecule has 0 saturated carbocycles. The number of allylic oxidation sites excluding steroid dienone is 4. The van der Waals surface area contributed by atoms with Crippen molar-refractivity contribution in [1.29, 1.82) is 0 Å². The molecule has 0 unspecified atom stereocenters. The molecular formula is C12H14N2. The third-order valence-corrected chi connectivity index (χ3v) is 1.65. The van der Waals surface area contributed by atoms with Gasteiger partial charge in [0.05, 0.1) is 11.4 Å². The predicted molar refractivity (Wildman–Crippen MR) is 63.0 cm³/mol. The van der Waals surface area contributed by atoms with Crippen LogP contribution < -0.4 is 11.1 Å². The molecule has 0 radical (unpaired) electrons. The van der Waals surface area contributed by atoms with Gasteiger partial charge in [-0.25, -0.2) is 0 Å². The summed E-state index contributed by atoms with van der Waals surface area (Å²) in [7, 11) is 0. The van der Waals surface area contributed by atoms with Crippen LogP contribution in [0.5, 0.6) is 0 Å². The quantitative estimate of drug-likeness (QED) is 0.560. The van der Waals surface area contributed by atoms with Crippen molar-refractivity contribution in [3.05, 3.63) is 61.3 Å². The number of para-hydroxylation sites is 2. The zero-order valence-corrected chi connectivity index (χ0v) is 7.98. The second-order valence-corrected chi connectivity index (χ2v) is 2.71. The smallest absolute Gasteiger partial charge is 0.0613 e. The molecule has 0 saturated heterocycles. The maximum absolute atomic E-state index is 5.73. The summed E-state index contributed by atoms with van der Waals surface area (Å²) in [5, 5.41) is 3.08. The lowest BCUT2D eigenvalue weighted by Crippen LogP contribution is -1.93. The number of anilines is 2. The van der Waals surface area contributed by atoms with Gasteiger partial charge in [0.15, 0.2) is 0 Å². The SMILES string of the molecule is C=C/C=C\C=C/Nc1ccccc1N. The summed E-state index contributed by atoms with van der Waals surface area (Å²) in [4.78, 5) is 0. The Kier molecular flexibility index (Phi) is 4.08. The van der Waals surface area contributed by atoms with E-state index in [1.807, 2.05) is 48.7 Å². The first-order chi connectivity index (χ1) is 6.84. The molecule has 0 bridgehead atoms. The lowest BCUT2D eigenvalue weighted by atomic mass is 10.3. The number of hydrogen-bond donors (Lipinski definition) is 2. The molecule has 2 nitrogen and oxygen atoms in total. The van der Waals surface area contributed by atoms with Crippen molar-refractivity contribution in [2.45, 2.75) is 0 Å². The summed E-state index contributed by atoms with van der Waals surface area (Å²) in [6, 6.07) is 7.63. The number of benzene rings is 1. The Morgan fingerprint density at radius 3 is 2.64 bits per heavy atom. The Morgan fingerprint density at radius 1 is 1.14 bits per heavy atom. The van der Waals surface area contributed by atoms with E-state index >= 15 is 0 Å². The van der Waals surface area contributed by atoms with Crippen LogP contribution in [0.2, 0.25) is 0 Å². The minimum atomic E-state index is 0.741. The van der Waals surface area contributed by atoms with Gasteiger partial charge < -0.3 is 11.1 Å². The molecule has 0 aliphatic rings. The van der Waals surface area contributed by atoms with Crippen LogP contribution in [0.4, 0.5) is 11.4 Å². The van der Waals surface area contributed by atoms with Crippen LogP contribution in [0.15, 0.2) is 61.3 Å². The highest BCUT2D eigenvalue weighted by molar-refractivity contribution is 5.66. The van der Waals surface area contributed by atoms with Crippen molar-refractivity contribution in [3.8, 4) is 0 Å². The van der Waals surface area contributed by atoms with Crippen LogP contribution in [0.25, 0.3) is 0 Å². The van der Waals surface area contributed by atoms with Crippen molar-refractivity contribution in [2.75, 3.05) is 11.1 Å². The number of hydrogen-bond acceptors (Lipinski definition) is 2. The molecule has 0 heterocycles. The molecule has 0 aromatic heterocycles. The molecule has 14 heavy (non-hydrogen) atoms. The van der Waals surface area contributed by atoms with Gasteiger partial charge in [0, 0.05) is 6.20 Å². The minimum Gasteiger partial charge on any atom is -0.397 e. The van der Waals surface area contributed by atoms with E-state index in [1.165, 1.54) is 0 Å². The summed E-state index contributed by atoms with van der Waals surface area (Å²) in [6.07, 6.45) is 9.17. The van der Waals surface area contributed by atoms with E-state index in [2.05, 4.69) is 11.9 Å². The highest BCUT2D eigenvalue weighted by Crippen LogP contribution is 2.16. The molecule has 1 aromatic rings.